The number of ether oxygens (including phenoxy) is 3. The lowest BCUT2D eigenvalue weighted by molar-refractivity contribution is -0.221. The van der Waals surface area contributed by atoms with Crippen LogP contribution < -0.4 is 9.47 Å². The number of hydrogen-bond acceptors (Lipinski definition) is 5. The molecule has 0 aromatic heterocycles. The molecule has 2 fully saturated rings. The second kappa shape index (κ2) is 6.33. The van der Waals surface area contributed by atoms with Crippen molar-refractivity contribution in [1.29, 1.82) is 0 Å². The summed E-state index contributed by atoms with van der Waals surface area (Å²) < 4.78 is 19.2. The Morgan fingerprint density at radius 2 is 1.94 bits per heavy atom. The van der Waals surface area contributed by atoms with Crippen molar-refractivity contribution in [3.63, 3.8) is 0 Å². The van der Waals surface area contributed by atoms with Gasteiger partial charge in [-0.2, -0.15) is 0 Å². The summed E-state index contributed by atoms with van der Waals surface area (Å²) in [5.41, 5.74) is 1.59. The number of Topliss-reactive ketones (excluding diaryl/α,β-unsaturated/α-hetero) is 1. The summed E-state index contributed by atoms with van der Waals surface area (Å²) in [6.45, 7) is 0.916. The van der Waals surface area contributed by atoms with Crippen LogP contribution in [0.1, 0.15) is 36.0 Å². The van der Waals surface area contributed by atoms with Crippen LogP contribution in [0.25, 0.3) is 0 Å². The third-order valence-corrected chi connectivity index (χ3v) is 8.70. The number of ketones is 1. The van der Waals surface area contributed by atoms with Crippen molar-refractivity contribution in [2.24, 2.45) is 0 Å². The Bertz CT molecular complexity index is 1070. The van der Waals surface area contributed by atoms with E-state index in [0.717, 1.165) is 37.1 Å². The van der Waals surface area contributed by atoms with E-state index in [1.54, 1.807) is 7.11 Å². The van der Waals surface area contributed by atoms with Crippen LogP contribution in [0.4, 0.5) is 0 Å². The van der Waals surface area contributed by atoms with E-state index in [9.17, 15) is 4.79 Å². The number of hydrogen-bond donors (Lipinski definition) is 0. The maximum absolute atomic E-state index is 14.0. The van der Waals surface area contributed by atoms with Gasteiger partial charge in [-0.3, -0.25) is 4.79 Å². The molecule has 1 spiro atoms. The standard InChI is InChI=1S/C26H29NO4/c1-27-14-13-24-22-18-9-10-19(29-2)23(22)31-26(24,16-17-7-5-4-6-8-17)21(28)11-12-25(24,30-3)20(27)15-18/h4-10,20H,11-16H2,1-3H3/t20?,24-,25-,26+/m1/s1. The van der Waals surface area contributed by atoms with Gasteiger partial charge in [-0.05, 0) is 50.0 Å². The van der Waals surface area contributed by atoms with Crippen molar-refractivity contribution in [1.82, 2.24) is 4.90 Å². The van der Waals surface area contributed by atoms with E-state index in [-0.39, 0.29) is 11.8 Å². The van der Waals surface area contributed by atoms with Gasteiger partial charge in [0.1, 0.15) is 0 Å². The van der Waals surface area contributed by atoms with Gasteiger partial charge in [0.25, 0.3) is 0 Å². The van der Waals surface area contributed by atoms with E-state index >= 15 is 0 Å². The minimum absolute atomic E-state index is 0.193. The molecule has 2 aliphatic carbocycles. The van der Waals surface area contributed by atoms with E-state index in [4.69, 9.17) is 14.2 Å². The first-order valence-electron chi connectivity index (χ1n) is 11.2. The molecule has 6 rings (SSSR count). The van der Waals surface area contributed by atoms with Crippen molar-refractivity contribution in [2.45, 2.75) is 54.8 Å². The van der Waals surface area contributed by atoms with Crippen LogP contribution in [-0.2, 0) is 27.8 Å². The van der Waals surface area contributed by atoms with Crippen LogP contribution in [0.15, 0.2) is 42.5 Å². The van der Waals surface area contributed by atoms with E-state index < -0.39 is 16.6 Å². The number of piperidine rings is 1. The molecule has 1 saturated heterocycles. The fraction of sp³-hybridized carbons (Fsp3) is 0.500. The molecule has 4 aliphatic rings. The zero-order valence-electron chi connectivity index (χ0n) is 18.4. The molecule has 4 atom stereocenters. The second-order valence-electron chi connectivity index (χ2n) is 9.60. The molecule has 162 valence electrons. The normalized spacial score (nSPS) is 35.5. The Kier molecular flexibility index (Phi) is 3.95. The Hall–Kier alpha value is -2.37. The molecule has 2 bridgehead atoms. The van der Waals surface area contributed by atoms with Crippen molar-refractivity contribution in [3.05, 3.63) is 59.2 Å². The summed E-state index contributed by atoms with van der Waals surface area (Å²) in [7, 11) is 5.70. The smallest absolute Gasteiger partial charge is 0.183 e. The first kappa shape index (κ1) is 19.3. The Balaban J connectivity index is 1.69. The van der Waals surface area contributed by atoms with Crippen LogP contribution in [0.2, 0.25) is 0 Å². The highest BCUT2D eigenvalue weighted by Crippen LogP contribution is 2.69. The Labute approximate surface area is 183 Å². The van der Waals surface area contributed by atoms with Gasteiger partial charge >= 0.3 is 0 Å². The predicted octanol–water partition coefficient (Wildman–Crippen LogP) is 3.32. The lowest BCUT2D eigenvalue weighted by Gasteiger charge is -2.66. The minimum atomic E-state index is -0.978. The summed E-state index contributed by atoms with van der Waals surface area (Å²) in [6, 6.07) is 14.7. The topological polar surface area (TPSA) is 48.0 Å². The molecule has 5 heteroatoms. The fourth-order valence-electron chi connectivity index (χ4n) is 7.49. The predicted molar refractivity (Wildman–Crippen MR) is 117 cm³/mol. The quantitative estimate of drug-likeness (QED) is 0.761. The van der Waals surface area contributed by atoms with Crippen LogP contribution >= 0.6 is 0 Å². The summed E-state index contributed by atoms with van der Waals surface area (Å²) in [4.78, 5) is 16.4. The molecular formula is C26H29NO4. The molecule has 2 aliphatic heterocycles. The van der Waals surface area contributed by atoms with Gasteiger partial charge in [0.05, 0.1) is 18.1 Å². The monoisotopic (exact) mass is 419 g/mol. The molecular weight excluding hydrogens is 390 g/mol. The largest absolute Gasteiger partial charge is 0.493 e. The van der Waals surface area contributed by atoms with Crippen molar-refractivity contribution in [3.8, 4) is 11.5 Å². The van der Waals surface area contributed by atoms with E-state index in [0.29, 0.717) is 18.6 Å². The number of rotatable bonds is 4. The van der Waals surface area contributed by atoms with Crippen molar-refractivity contribution < 1.29 is 19.0 Å². The van der Waals surface area contributed by atoms with Gasteiger partial charge in [0, 0.05) is 31.6 Å². The molecule has 2 aromatic rings. The number of benzene rings is 2. The fourth-order valence-corrected chi connectivity index (χ4v) is 7.49. The molecule has 1 saturated carbocycles. The van der Waals surface area contributed by atoms with E-state index in [1.165, 1.54) is 11.1 Å². The van der Waals surface area contributed by atoms with Crippen LogP contribution in [0, 0.1) is 0 Å². The van der Waals surface area contributed by atoms with Gasteiger partial charge in [0.2, 0.25) is 0 Å². The maximum atomic E-state index is 14.0. The summed E-state index contributed by atoms with van der Waals surface area (Å²) >= 11 is 0. The molecule has 1 unspecified atom stereocenters. The van der Waals surface area contributed by atoms with Crippen LogP contribution in [-0.4, -0.2) is 55.7 Å². The Morgan fingerprint density at radius 3 is 2.68 bits per heavy atom. The lowest BCUT2D eigenvalue weighted by Crippen LogP contribution is -2.81. The highest BCUT2D eigenvalue weighted by molar-refractivity contribution is 5.95. The van der Waals surface area contributed by atoms with Gasteiger partial charge in [-0.25, -0.2) is 0 Å². The van der Waals surface area contributed by atoms with Crippen LogP contribution in [0.5, 0.6) is 11.5 Å². The average molecular weight is 420 g/mol. The van der Waals surface area contributed by atoms with Gasteiger partial charge in [-0.1, -0.05) is 36.4 Å². The van der Waals surface area contributed by atoms with Gasteiger partial charge in [0.15, 0.2) is 22.9 Å². The van der Waals surface area contributed by atoms with Gasteiger partial charge in [-0.15, -0.1) is 0 Å². The molecule has 0 amide bonds. The molecule has 0 radical (unpaired) electrons. The lowest BCUT2D eigenvalue weighted by atomic mass is 9.44. The third kappa shape index (κ3) is 2.07. The van der Waals surface area contributed by atoms with Crippen LogP contribution in [0.3, 0.4) is 0 Å². The highest BCUT2D eigenvalue weighted by Gasteiger charge is 2.79. The molecule has 2 aromatic carbocycles. The SMILES string of the molecule is COc1ccc2c3c1O[C@@]1(Cc4ccccc4)C(=O)CC[C@@]4(OC)C(C2)N(C)CC[C@]314. The summed E-state index contributed by atoms with van der Waals surface area (Å²) in [5, 5.41) is 0. The first-order chi connectivity index (χ1) is 15.0. The number of likely N-dealkylation sites (N-methyl/N-ethyl adjacent to an activating group) is 1. The highest BCUT2D eigenvalue weighted by atomic mass is 16.5. The minimum Gasteiger partial charge on any atom is -0.493 e. The summed E-state index contributed by atoms with van der Waals surface area (Å²) in [5.74, 6) is 1.67. The molecule has 31 heavy (non-hydrogen) atoms. The number of carbonyl (C=O) groups excluding carboxylic acids is 1. The first-order valence-corrected chi connectivity index (χ1v) is 11.2. The number of carbonyl (C=O) groups is 1. The van der Waals surface area contributed by atoms with Crippen molar-refractivity contribution >= 4 is 5.78 Å². The second-order valence-corrected chi connectivity index (χ2v) is 9.60. The number of likely N-dealkylation sites (tertiary alicyclic amines) is 1. The number of nitrogens with zero attached hydrogens (tertiary/aromatic N) is 1. The van der Waals surface area contributed by atoms with E-state index in [2.05, 4.69) is 30.1 Å². The number of methoxy groups -OCH3 is 2. The maximum Gasteiger partial charge on any atom is 0.183 e. The molecule has 0 N–H and O–H groups in total. The summed E-state index contributed by atoms with van der Waals surface area (Å²) in [6.07, 6.45) is 3.48. The van der Waals surface area contributed by atoms with Crippen molar-refractivity contribution in [2.75, 3.05) is 27.8 Å². The molecule has 5 nitrogen and oxygen atoms in total. The average Bonchev–Trinajstić information content (AvgIpc) is 3.09. The Morgan fingerprint density at radius 1 is 1.13 bits per heavy atom. The zero-order valence-corrected chi connectivity index (χ0v) is 18.4. The molecule has 2 heterocycles. The van der Waals surface area contributed by atoms with E-state index in [1.807, 2.05) is 31.4 Å². The zero-order chi connectivity index (χ0) is 21.4. The third-order valence-electron chi connectivity index (χ3n) is 8.70. The van der Waals surface area contributed by atoms with Gasteiger partial charge < -0.3 is 19.1 Å².